The molecular formula is C27H36N2O6S. The highest BCUT2D eigenvalue weighted by Gasteiger charge is 2.35. The molecule has 1 N–H and O–H groups in total. The Kier molecular flexibility index (Phi) is 8.66. The van der Waals surface area contributed by atoms with E-state index in [1.807, 2.05) is 30.3 Å². The second kappa shape index (κ2) is 11.7. The molecule has 1 amide bonds. The monoisotopic (exact) mass is 516 g/mol. The number of benzene rings is 2. The van der Waals surface area contributed by atoms with Crippen LogP contribution in [-0.4, -0.2) is 80.2 Å². The maximum atomic E-state index is 13.3. The van der Waals surface area contributed by atoms with Crippen molar-refractivity contribution in [3.63, 3.8) is 0 Å². The lowest BCUT2D eigenvalue weighted by atomic mass is 9.85. The van der Waals surface area contributed by atoms with Gasteiger partial charge in [0.1, 0.15) is 12.4 Å². The number of methoxy groups -OCH3 is 1. The molecule has 0 bridgehead atoms. The van der Waals surface area contributed by atoms with Gasteiger partial charge in [0, 0.05) is 32.1 Å². The summed E-state index contributed by atoms with van der Waals surface area (Å²) in [5.74, 6) is 0.472. The molecule has 4 rings (SSSR count). The van der Waals surface area contributed by atoms with Crippen LogP contribution < -0.4 is 4.74 Å². The number of amides is 1. The maximum absolute atomic E-state index is 13.3. The van der Waals surface area contributed by atoms with Crippen molar-refractivity contribution in [2.75, 3.05) is 40.0 Å². The lowest BCUT2D eigenvalue weighted by molar-refractivity contribution is -0.140. The zero-order chi connectivity index (χ0) is 25.6. The van der Waals surface area contributed by atoms with Crippen LogP contribution in [-0.2, 0) is 26.0 Å². The number of piperidine rings is 2. The topological polar surface area (TPSA) is 96.4 Å². The summed E-state index contributed by atoms with van der Waals surface area (Å²) in [5.41, 5.74) is 0.280. The van der Waals surface area contributed by atoms with Gasteiger partial charge in [-0.2, -0.15) is 4.31 Å². The van der Waals surface area contributed by atoms with Gasteiger partial charge in [-0.3, -0.25) is 4.79 Å². The average Bonchev–Trinajstić information content (AvgIpc) is 2.89. The van der Waals surface area contributed by atoms with Crippen molar-refractivity contribution in [3.05, 3.63) is 60.2 Å². The van der Waals surface area contributed by atoms with E-state index < -0.39 is 15.6 Å². The Morgan fingerprint density at radius 3 is 2.39 bits per heavy atom. The number of hydrogen-bond donors (Lipinski definition) is 1. The molecule has 196 valence electrons. The minimum absolute atomic E-state index is 0.0932. The fourth-order valence-corrected chi connectivity index (χ4v) is 6.72. The third kappa shape index (κ3) is 6.45. The second-order valence-corrected chi connectivity index (χ2v) is 11.6. The number of aliphatic hydroxyl groups is 1. The molecule has 0 aromatic heterocycles. The highest BCUT2D eigenvalue weighted by atomic mass is 32.2. The molecule has 2 heterocycles. The Morgan fingerprint density at radius 1 is 1.03 bits per heavy atom. The molecule has 2 aliphatic heterocycles. The van der Waals surface area contributed by atoms with Crippen LogP contribution in [0.2, 0.25) is 0 Å². The number of sulfonamides is 1. The Labute approximate surface area is 213 Å². The van der Waals surface area contributed by atoms with Gasteiger partial charge >= 0.3 is 0 Å². The molecule has 1 atom stereocenters. The van der Waals surface area contributed by atoms with Gasteiger partial charge in [-0.25, -0.2) is 8.42 Å². The van der Waals surface area contributed by atoms with E-state index in [4.69, 9.17) is 9.47 Å². The van der Waals surface area contributed by atoms with Crippen LogP contribution >= 0.6 is 0 Å². The molecule has 0 saturated carbocycles. The van der Waals surface area contributed by atoms with Crippen molar-refractivity contribution in [3.8, 4) is 5.75 Å². The molecule has 2 aromatic rings. The largest absolute Gasteiger partial charge is 0.497 e. The first-order valence-electron chi connectivity index (χ1n) is 12.6. The normalized spacial score (nSPS) is 20.7. The minimum atomic E-state index is -3.67. The summed E-state index contributed by atoms with van der Waals surface area (Å²) in [6.07, 6.45) is 4.02. The van der Waals surface area contributed by atoms with E-state index in [1.54, 1.807) is 29.2 Å². The average molecular weight is 517 g/mol. The summed E-state index contributed by atoms with van der Waals surface area (Å²) in [4.78, 5) is 14.7. The molecule has 36 heavy (non-hydrogen) atoms. The van der Waals surface area contributed by atoms with E-state index in [0.717, 1.165) is 18.4 Å². The van der Waals surface area contributed by atoms with Crippen molar-refractivity contribution in [1.29, 1.82) is 0 Å². The summed E-state index contributed by atoms with van der Waals surface area (Å²) in [5, 5.41) is 11.0. The third-order valence-corrected chi connectivity index (χ3v) is 9.16. The SMILES string of the molecule is COc1ccc(S(=O)(=O)N2CCCCC2COCC(=O)N2CCC(O)(Cc3ccccc3)CC2)cc1. The lowest BCUT2D eigenvalue weighted by Crippen LogP contribution is -2.49. The molecule has 2 aliphatic rings. The van der Waals surface area contributed by atoms with Crippen LogP contribution in [0.3, 0.4) is 0 Å². The Morgan fingerprint density at radius 2 is 1.72 bits per heavy atom. The van der Waals surface area contributed by atoms with Gasteiger partial charge in [0.2, 0.25) is 15.9 Å². The zero-order valence-corrected chi connectivity index (χ0v) is 21.7. The van der Waals surface area contributed by atoms with Crippen molar-refractivity contribution < 1.29 is 27.8 Å². The summed E-state index contributed by atoms with van der Waals surface area (Å²) in [6.45, 7) is 1.47. The standard InChI is InChI=1S/C27H36N2O6S/c1-34-24-10-12-25(13-11-24)36(32,33)29-16-6-5-9-23(29)20-35-21-26(30)28-17-14-27(31,15-18-28)19-22-7-3-2-4-8-22/h2-4,7-8,10-13,23,31H,5-6,9,14-21H2,1H3. The number of carbonyl (C=O) groups excluding carboxylic acids is 1. The van der Waals surface area contributed by atoms with Crippen molar-refractivity contribution in [2.24, 2.45) is 0 Å². The van der Waals surface area contributed by atoms with Crippen LogP contribution in [0, 0.1) is 0 Å². The second-order valence-electron chi connectivity index (χ2n) is 9.72. The lowest BCUT2D eigenvalue weighted by Gasteiger charge is -2.38. The van der Waals surface area contributed by atoms with E-state index in [9.17, 15) is 18.3 Å². The third-order valence-electron chi connectivity index (χ3n) is 7.20. The van der Waals surface area contributed by atoms with Gasteiger partial charge in [0.05, 0.1) is 24.2 Å². The number of nitrogens with zero attached hydrogens (tertiary/aromatic N) is 2. The van der Waals surface area contributed by atoms with Crippen LogP contribution in [0.5, 0.6) is 5.75 Å². The van der Waals surface area contributed by atoms with E-state index in [0.29, 0.717) is 51.1 Å². The highest BCUT2D eigenvalue weighted by Crippen LogP contribution is 2.28. The predicted octanol–water partition coefficient (Wildman–Crippen LogP) is 2.85. The van der Waals surface area contributed by atoms with Crippen molar-refractivity contribution >= 4 is 15.9 Å². The quantitative estimate of drug-likeness (QED) is 0.551. The predicted molar refractivity (Wildman–Crippen MR) is 136 cm³/mol. The molecule has 0 radical (unpaired) electrons. The van der Waals surface area contributed by atoms with Gasteiger partial charge < -0.3 is 19.5 Å². The number of ether oxygens (including phenoxy) is 2. The van der Waals surface area contributed by atoms with Gasteiger partial charge in [-0.1, -0.05) is 36.8 Å². The smallest absolute Gasteiger partial charge is 0.248 e. The first-order valence-corrected chi connectivity index (χ1v) is 14.0. The van der Waals surface area contributed by atoms with Crippen LogP contribution in [0.25, 0.3) is 0 Å². The van der Waals surface area contributed by atoms with Gasteiger partial charge in [-0.15, -0.1) is 0 Å². The van der Waals surface area contributed by atoms with Gasteiger partial charge in [0.15, 0.2) is 0 Å². The number of hydrogen-bond acceptors (Lipinski definition) is 6. The van der Waals surface area contributed by atoms with Crippen molar-refractivity contribution in [2.45, 2.75) is 55.1 Å². The van der Waals surface area contributed by atoms with E-state index in [1.165, 1.54) is 11.4 Å². The summed E-state index contributed by atoms with van der Waals surface area (Å²) in [6, 6.07) is 16.0. The van der Waals surface area contributed by atoms with Crippen molar-refractivity contribution in [1.82, 2.24) is 9.21 Å². The van der Waals surface area contributed by atoms with Gasteiger partial charge in [0.25, 0.3) is 0 Å². The van der Waals surface area contributed by atoms with Crippen LogP contribution in [0.15, 0.2) is 59.5 Å². The maximum Gasteiger partial charge on any atom is 0.248 e. The molecular weight excluding hydrogens is 480 g/mol. The summed E-state index contributed by atoms with van der Waals surface area (Å²) in [7, 11) is -2.13. The molecule has 2 saturated heterocycles. The number of rotatable bonds is 9. The van der Waals surface area contributed by atoms with E-state index >= 15 is 0 Å². The Bertz CT molecular complexity index is 1100. The first kappa shape index (κ1) is 26.6. The Hall–Kier alpha value is -2.46. The summed E-state index contributed by atoms with van der Waals surface area (Å²) >= 11 is 0. The minimum Gasteiger partial charge on any atom is -0.497 e. The molecule has 0 aliphatic carbocycles. The molecule has 1 unspecified atom stereocenters. The molecule has 8 nitrogen and oxygen atoms in total. The fourth-order valence-electron chi connectivity index (χ4n) is 5.04. The molecule has 9 heteroatoms. The van der Waals surface area contributed by atoms with Gasteiger partial charge in [-0.05, 0) is 55.5 Å². The Balaban J connectivity index is 1.27. The summed E-state index contributed by atoms with van der Waals surface area (Å²) < 4.78 is 38.9. The first-order chi connectivity index (χ1) is 17.3. The highest BCUT2D eigenvalue weighted by molar-refractivity contribution is 7.89. The molecule has 0 spiro atoms. The van der Waals surface area contributed by atoms with Crippen LogP contribution in [0.4, 0.5) is 0 Å². The fraction of sp³-hybridized carbons (Fsp3) is 0.519. The van der Waals surface area contributed by atoms with E-state index in [-0.39, 0.29) is 30.1 Å². The van der Waals surface area contributed by atoms with E-state index in [2.05, 4.69) is 0 Å². The molecule has 2 fully saturated rings. The number of likely N-dealkylation sites (tertiary alicyclic amines) is 1. The number of carbonyl (C=O) groups is 1. The molecule has 2 aromatic carbocycles. The zero-order valence-electron chi connectivity index (χ0n) is 20.8. The van der Waals surface area contributed by atoms with Crippen LogP contribution in [0.1, 0.15) is 37.7 Å².